The summed E-state index contributed by atoms with van der Waals surface area (Å²) in [6, 6.07) is 8.71. The predicted octanol–water partition coefficient (Wildman–Crippen LogP) is 1.05. The van der Waals surface area contributed by atoms with Gasteiger partial charge in [-0.1, -0.05) is 18.2 Å². The fraction of sp³-hybridized carbons (Fsp3) is 0.467. The quantitative estimate of drug-likeness (QED) is 0.625. The molecular weight excluding hydrogens is 256 g/mol. The maximum atomic E-state index is 12.1. The average Bonchev–Trinajstić information content (AvgIpc) is 2.37. The average molecular weight is 279 g/mol. The SMILES string of the molecule is COC(=O)C[C@@H](C[N+](C)(C)C)NC(=O)c1ccccc1. The van der Waals surface area contributed by atoms with Gasteiger partial charge in [0.15, 0.2) is 0 Å². The van der Waals surface area contributed by atoms with Crippen molar-refractivity contribution in [3.63, 3.8) is 0 Å². The van der Waals surface area contributed by atoms with Gasteiger partial charge in [-0.2, -0.15) is 0 Å². The van der Waals surface area contributed by atoms with Crippen molar-refractivity contribution < 1.29 is 18.8 Å². The minimum Gasteiger partial charge on any atom is -0.469 e. The summed E-state index contributed by atoms with van der Waals surface area (Å²) in [4.78, 5) is 23.6. The zero-order valence-corrected chi connectivity index (χ0v) is 12.6. The first-order valence-corrected chi connectivity index (χ1v) is 6.55. The summed E-state index contributed by atoms with van der Waals surface area (Å²) in [6.45, 7) is 0.647. The molecule has 0 radical (unpaired) electrons. The number of esters is 1. The van der Waals surface area contributed by atoms with Crippen molar-refractivity contribution >= 4 is 11.9 Å². The molecule has 0 saturated heterocycles. The van der Waals surface area contributed by atoms with Crippen LogP contribution in [-0.4, -0.2) is 57.2 Å². The molecule has 0 aromatic heterocycles. The third kappa shape index (κ3) is 5.84. The smallest absolute Gasteiger partial charge is 0.307 e. The molecule has 20 heavy (non-hydrogen) atoms. The molecule has 5 heteroatoms. The van der Waals surface area contributed by atoms with Gasteiger partial charge in [0.1, 0.15) is 0 Å². The standard InChI is InChI=1S/C15H22N2O3/c1-17(2,3)11-13(10-14(18)20-4)16-15(19)12-8-6-5-7-9-12/h5-9,13H,10-11H2,1-4H3/p+1/t13-/m0/s1. The second-order valence-electron chi connectivity index (χ2n) is 5.79. The lowest BCUT2D eigenvalue weighted by atomic mass is 10.1. The summed E-state index contributed by atoms with van der Waals surface area (Å²) in [6.07, 6.45) is 0.171. The fourth-order valence-electron chi connectivity index (χ4n) is 1.97. The number of hydrogen-bond acceptors (Lipinski definition) is 3. The number of hydrogen-bond donors (Lipinski definition) is 1. The molecule has 1 amide bonds. The maximum absolute atomic E-state index is 12.1. The van der Waals surface area contributed by atoms with Crippen molar-refractivity contribution in [2.45, 2.75) is 12.5 Å². The highest BCUT2D eigenvalue weighted by Crippen LogP contribution is 2.04. The van der Waals surface area contributed by atoms with Gasteiger partial charge in [-0.05, 0) is 12.1 Å². The Morgan fingerprint density at radius 3 is 2.30 bits per heavy atom. The highest BCUT2D eigenvalue weighted by molar-refractivity contribution is 5.94. The molecule has 0 aliphatic heterocycles. The van der Waals surface area contributed by atoms with Gasteiger partial charge in [0.25, 0.3) is 5.91 Å². The molecule has 5 nitrogen and oxygen atoms in total. The highest BCUT2D eigenvalue weighted by atomic mass is 16.5. The van der Waals surface area contributed by atoms with E-state index in [4.69, 9.17) is 0 Å². The number of amides is 1. The van der Waals surface area contributed by atoms with Crippen LogP contribution in [0.5, 0.6) is 0 Å². The van der Waals surface area contributed by atoms with E-state index >= 15 is 0 Å². The second-order valence-corrected chi connectivity index (χ2v) is 5.79. The van der Waals surface area contributed by atoms with Crippen LogP contribution in [0.3, 0.4) is 0 Å². The molecule has 0 fully saturated rings. The Hall–Kier alpha value is -1.88. The normalized spacial score (nSPS) is 12.6. The van der Waals surface area contributed by atoms with Crippen LogP contribution in [0, 0.1) is 0 Å². The van der Waals surface area contributed by atoms with E-state index in [9.17, 15) is 9.59 Å². The van der Waals surface area contributed by atoms with Crippen LogP contribution >= 0.6 is 0 Å². The van der Waals surface area contributed by atoms with Crippen LogP contribution in [-0.2, 0) is 9.53 Å². The van der Waals surface area contributed by atoms with E-state index in [1.54, 1.807) is 12.1 Å². The van der Waals surface area contributed by atoms with Crippen molar-refractivity contribution in [1.82, 2.24) is 5.32 Å². The Bertz CT molecular complexity index is 452. The molecule has 1 rings (SSSR count). The predicted molar refractivity (Wildman–Crippen MR) is 77.2 cm³/mol. The Kier molecular flexibility index (Phi) is 5.70. The minimum absolute atomic E-state index is 0.171. The highest BCUT2D eigenvalue weighted by Gasteiger charge is 2.23. The van der Waals surface area contributed by atoms with Gasteiger partial charge >= 0.3 is 5.97 Å². The number of ether oxygens (including phenoxy) is 1. The fourth-order valence-corrected chi connectivity index (χ4v) is 1.97. The molecule has 1 aromatic rings. The van der Waals surface area contributed by atoms with E-state index < -0.39 is 0 Å². The van der Waals surface area contributed by atoms with Crippen LogP contribution in [0.25, 0.3) is 0 Å². The number of likely N-dealkylation sites (N-methyl/N-ethyl adjacent to an activating group) is 1. The number of benzene rings is 1. The van der Waals surface area contributed by atoms with Crippen molar-refractivity contribution in [1.29, 1.82) is 0 Å². The molecule has 0 aliphatic rings. The first-order chi connectivity index (χ1) is 9.31. The zero-order valence-electron chi connectivity index (χ0n) is 12.6. The van der Waals surface area contributed by atoms with Crippen molar-refractivity contribution in [2.24, 2.45) is 0 Å². The first kappa shape index (κ1) is 16.2. The molecular formula is C15H23N2O3+. The molecule has 0 spiro atoms. The number of quaternary nitrogens is 1. The lowest BCUT2D eigenvalue weighted by Crippen LogP contribution is -2.49. The number of rotatable bonds is 6. The van der Waals surface area contributed by atoms with Gasteiger partial charge in [-0.3, -0.25) is 9.59 Å². The zero-order chi connectivity index (χ0) is 15.2. The van der Waals surface area contributed by atoms with Gasteiger partial charge in [0.05, 0.1) is 47.3 Å². The van der Waals surface area contributed by atoms with E-state index in [-0.39, 0.29) is 24.3 Å². The van der Waals surface area contributed by atoms with E-state index in [1.807, 2.05) is 39.3 Å². The minimum atomic E-state index is -0.322. The van der Waals surface area contributed by atoms with Crippen LogP contribution in [0.1, 0.15) is 16.8 Å². The van der Waals surface area contributed by atoms with Crippen molar-refractivity contribution in [3.05, 3.63) is 35.9 Å². The molecule has 0 unspecified atom stereocenters. The monoisotopic (exact) mass is 279 g/mol. The van der Waals surface area contributed by atoms with E-state index in [0.29, 0.717) is 16.6 Å². The van der Waals surface area contributed by atoms with Gasteiger partial charge in [0.2, 0.25) is 0 Å². The molecule has 1 aromatic carbocycles. The molecule has 0 bridgehead atoms. The number of carbonyl (C=O) groups excluding carboxylic acids is 2. The van der Waals surface area contributed by atoms with E-state index in [0.717, 1.165) is 0 Å². The van der Waals surface area contributed by atoms with Gasteiger partial charge in [-0.15, -0.1) is 0 Å². The summed E-state index contributed by atoms with van der Waals surface area (Å²) in [5.41, 5.74) is 0.587. The Morgan fingerprint density at radius 2 is 1.80 bits per heavy atom. The topological polar surface area (TPSA) is 55.4 Å². The Labute approximate surface area is 120 Å². The van der Waals surface area contributed by atoms with Crippen LogP contribution < -0.4 is 5.32 Å². The third-order valence-corrected chi connectivity index (χ3v) is 2.78. The number of methoxy groups -OCH3 is 1. The Balaban J connectivity index is 2.73. The van der Waals surface area contributed by atoms with Gasteiger partial charge in [-0.25, -0.2) is 0 Å². The Morgan fingerprint density at radius 1 is 1.20 bits per heavy atom. The molecule has 110 valence electrons. The number of nitrogens with zero attached hydrogens (tertiary/aromatic N) is 1. The van der Waals surface area contributed by atoms with Crippen LogP contribution in [0.4, 0.5) is 0 Å². The summed E-state index contributed by atoms with van der Waals surface area (Å²) in [7, 11) is 7.39. The third-order valence-electron chi connectivity index (χ3n) is 2.78. The van der Waals surface area contributed by atoms with Gasteiger partial charge < -0.3 is 14.5 Å². The van der Waals surface area contributed by atoms with Crippen LogP contribution in [0.15, 0.2) is 30.3 Å². The second kappa shape index (κ2) is 7.05. The first-order valence-electron chi connectivity index (χ1n) is 6.55. The molecule has 1 atom stereocenters. The molecule has 0 aliphatic carbocycles. The maximum Gasteiger partial charge on any atom is 0.307 e. The number of carbonyl (C=O) groups is 2. The lowest BCUT2D eigenvalue weighted by Gasteiger charge is -2.29. The largest absolute Gasteiger partial charge is 0.469 e. The van der Waals surface area contributed by atoms with Gasteiger partial charge in [0, 0.05) is 5.56 Å². The number of nitrogens with one attached hydrogen (secondary N) is 1. The summed E-state index contributed by atoms with van der Waals surface area (Å²) in [5, 5.41) is 2.90. The lowest BCUT2D eigenvalue weighted by molar-refractivity contribution is -0.871. The van der Waals surface area contributed by atoms with E-state index in [2.05, 4.69) is 10.1 Å². The molecule has 0 heterocycles. The van der Waals surface area contributed by atoms with Crippen LogP contribution in [0.2, 0.25) is 0 Å². The van der Waals surface area contributed by atoms with Crippen molar-refractivity contribution in [3.8, 4) is 0 Å². The summed E-state index contributed by atoms with van der Waals surface area (Å²) >= 11 is 0. The van der Waals surface area contributed by atoms with Crippen molar-refractivity contribution in [2.75, 3.05) is 34.8 Å². The molecule has 1 N–H and O–H groups in total. The summed E-state index contributed by atoms with van der Waals surface area (Å²) < 4.78 is 5.33. The van der Waals surface area contributed by atoms with E-state index in [1.165, 1.54) is 7.11 Å². The summed E-state index contributed by atoms with van der Waals surface area (Å²) in [5.74, 6) is -0.496. The molecule has 0 saturated carbocycles.